The second kappa shape index (κ2) is 20.1. The Labute approximate surface area is 211 Å². The van der Waals surface area contributed by atoms with Crippen molar-refractivity contribution in [2.45, 2.75) is 65.2 Å². The minimum Gasteiger partial charge on any atom is -0.354 e. The summed E-state index contributed by atoms with van der Waals surface area (Å²) in [5.41, 5.74) is 1.33. The maximum atomic E-state index is 12.1. The first-order chi connectivity index (χ1) is 17.0. The lowest BCUT2D eigenvalue weighted by Gasteiger charge is -2.06. The van der Waals surface area contributed by atoms with Crippen molar-refractivity contribution in [1.29, 1.82) is 0 Å². The van der Waals surface area contributed by atoms with E-state index in [0.29, 0.717) is 25.2 Å². The van der Waals surface area contributed by atoms with Gasteiger partial charge in [0.15, 0.2) is 17.6 Å². The van der Waals surface area contributed by atoms with Gasteiger partial charge in [-0.05, 0) is 44.9 Å². The lowest BCUT2D eigenvalue weighted by Crippen LogP contribution is -2.38. The first kappa shape index (κ1) is 29.8. The van der Waals surface area contributed by atoms with Crippen molar-refractivity contribution in [1.82, 2.24) is 15.6 Å². The number of aromatic nitrogens is 2. The number of unbranched alkanes of at least 4 members (excludes halogenated alkanes) is 2. The Morgan fingerprint density at radius 3 is 2.20 bits per heavy atom. The Morgan fingerprint density at radius 2 is 1.51 bits per heavy atom. The summed E-state index contributed by atoms with van der Waals surface area (Å²) in [6.07, 6.45) is 32.2. The molecule has 0 aromatic carbocycles. The summed E-state index contributed by atoms with van der Waals surface area (Å²) in [7, 11) is 1.87. The quantitative estimate of drug-likeness (QED) is 0.143. The molecule has 1 aromatic rings. The summed E-state index contributed by atoms with van der Waals surface area (Å²) in [6, 6.07) is 0. The molecule has 1 heterocycles. The fourth-order valence-corrected chi connectivity index (χ4v) is 3.01. The highest BCUT2D eigenvalue weighted by Crippen LogP contribution is 2.01. The molecule has 1 aromatic heterocycles. The maximum Gasteiger partial charge on any atom is 0.276 e. The first-order valence-corrected chi connectivity index (χ1v) is 12.7. The second-order valence-electron chi connectivity index (χ2n) is 8.26. The predicted molar refractivity (Wildman–Crippen MR) is 144 cm³/mol. The molecule has 0 aliphatic heterocycles. The molecule has 2 amide bonds. The molecule has 0 bridgehead atoms. The Balaban J connectivity index is 2.00. The van der Waals surface area contributed by atoms with E-state index in [9.17, 15) is 9.59 Å². The van der Waals surface area contributed by atoms with Gasteiger partial charge in [0.25, 0.3) is 5.91 Å². The van der Waals surface area contributed by atoms with Gasteiger partial charge in [0.2, 0.25) is 5.91 Å². The van der Waals surface area contributed by atoms with Crippen molar-refractivity contribution in [2.24, 2.45) is 7.05 Å². The van der Waals surface area contributed by atoms with Crippen LogP contribution in [-0.2, 0) is 11.8 Å². The SMILES string of the molecule is CC/C=C\C/C=C\C/C=C\C/C=C\C=C\CCCCC(=O)NCCNC(=O)c1c[n+](C)c(C)cn1. The molecule has 0 unspecified atom stereocenters. The third-order valence-corrected chi connectivity index (χ3v) is 5.19. The van der Waals surface area contributed by atoms with Gasteiger partial charge in [0, 0.05) is 26.4 Å². The lowest BCUT2D eigenvalue weighted by molar-refractivity contribution is -0.678. The van der Waals surface area contributed by atoms with E-state index in [1.165, 1.54) is 0 Å². The van der Waals surface area contributed by atoms with Crippen molar-refractivity contribution >= 4 is 11.8 Å². The van der Waals surface area contributed by atoms with Crippen LogP contribution in [-0.4, -0.2) is 29.9 Å². The van der Waals surface area contributed by atoms with Gasteiger partial charge in [-0.1, -0.05) is 67.7 Å². The standard InChI is InChI=1S/C29H42N4O2/c1-4-5-6-7-8-9-10-11-12-13-14-15-16-17-18-19-20-21-28(34)30-22-23-31-29(35)27-25-33(3)26(2)24-32-27/h5-6,8-9,11-12,14-17,24-25H,4,7,10,13,18-23H2,1-3H3,(H-,30,31,34,35)/p+1/b6-5-,9-8-,12-11-,15-14-,17-16+. The molecule has 6 nitrogen and oxygen atoms in total. The van der Waals surface area contributed by atoms with Gasteiger partial charge in [-0.3, -0.25) is 9.59 Å². The van der Waals surface area contributed by atoms with Gasteiger partial charge in [-0.2, -0.15) is 0 Å². The van der Waals surface area contributed by atoms with Gasteiger partial charge in [-0.25, -0.2) is 9.55 Å². The average molecular weight is 480 g/mol. The van der Waals surface area contributed by atoms with Crippen LogP contribution in [0.4, 0.5) is 0 Å². The summed E-state index contributed by atoms with van der Waals surface area (Å²) < 4.78 is 1.85. The molecule has 0 fully saturated rings. The molecule has 0 atom stereocenters. The van der Waals surface area contributed by atoms with Crippen molar-refractivity contribution in [3.8, 4) is 0 Å². The average Bonchev–Trinajstić information content (AvgIpc) is 2.85. The van der Waals surface area contributed by atoms with Crippen LogP contribution in [0.25, 0.3) is 0 Å². The summed E-state index contributed by atoms with van der Waals surface area (Å²) in [5, 5.41) is 5.62. The number of nitrogens with one attached hydrogen (secondary N) is 2. The van der Waals surface area contributed by atoms with Gasteiger partial charge in [0.05, 0.1) is 6.20 Å². The summed E-state index contributed by atoms with van der Waals surface area (Å²) in [6.45, 7) is 4.86. The zero-order valence-corrected chi connectivity index (χ0v) is 21.7. The molecule has 6 heteroatoms. The minimum absolute atomic E-state index is 0.0158. The molecule has 2 N–H and O–H groups in total. The topological polar surface area (TPSA) is 75.0 Å². The largest absolute Gasteiger partial charge is 0.354 e. The summed E-state index contributed by atoms with van der Waals surface area (Å²) in [4.78, 5) is 28.1. The van der Waals surface area contributed by atoms with Gasteiger partial charge >= 0.3 is 0 Å². The number of rotatable bonds is 17. The number of amides is 2. The number of allylic oxidation sites excluding steroid dienone is 10. The van der Waals surface area contributed by atoms with E-state index in [0.717, 1.165) is 50.6 Å². The molecular formula is C29H43N4O2+. The van der Waals surface area contributed by atoms with Crippen LogP contribution in [0.1, 0.15) is 74.5 Å². The van der Waals surface area contributed by atoms with Crippen LogP contribution < -0.4 is 15.2 Å². The molecule has 35 heavy (non-hydrogen) atoms. The molecule has 0 aliphatic rings. The molecule has 0 spiro atoms. The zero-order valence-electron chi connectivity index (χ0n) is 21.7. The minimum atomic E-state index is -0.241. The van der Waals surface area contributed by atoms with E-state index in [4.69, 9.17) is 0 Å². The lowest BCUT2D eigenvalue weighted by atomic mass is 10.2. The van der Waals surface area contributed by atoms with Crippen LogP contribution in [0.3, 0.4) is 0 Å². The molecule has 1 rings (SSSR count). The van der Waals surface area contributed by atoms with Crippen molar-refractivity contribution in [3.05, 3.63) is 84.5 Å². The number of hydrogen-bond donors (Lipinski definition) is 2. The van der Waals surface area contributed by atoms with E-state index in [-0.39, 0.29) is 11.8 Å². The van der Waals surface area contributed by atoms with Crippen molar-refractivity contribution in [3.63, 3.8) is 0 Å². The predicted octanol–water partition coefficient (Wildman–Crippen LogP) is 4.98. The van der Waals surface area contributed by atoms with Gasteiger partial charge in [0.1, 0.15) is 7.05 Å². The van der Waals surface area contributed by atoms with E-state index in [1.807, 2.05) is 18.5 Å². The Bertz CT molecular complexity index is 898. The second-order valence-corrected chi connectivity index (χ2v) is 8.26. The van der Waals surface area contributed by atoms with Crippen molar-refractivity contribution in [2.75, 3.05) is 13.1 Å². The van der Waals surface area contributed by atoms with E-state index < -0.39 is 0 Å². The highest BCUT2D eigenvalue weighted by molar-refractivity contribution is 5.91. The Hall–Kier alpha value is -3.28. The fraction of sp³-hybridized carbons (Fsp3) is 0.448. The molecule has 190 valence electrons. The molecule has 0 saturated carbocycles. The molecule has 0 radical (unpaired) electrons. The van der Waals surface area contributed by atoms with Crippen LogP contribution in [0, 0.1) is 6.92 Å². The maximum absolute atomic E-state index is 12.1. The molecule has 0 aliphatic carbocycles. The Kier molecular flexibility index (Phi) is 17.1. The number of carbonyl (C=O) groups excluding carboxylic acids is 2. The third-order valence-electron chi connectivity index (χ3n) is 5.19. The summed E-state index contributed by atoms with van der Waals surface area (Å²) >= 11 is 0. The normalized spacial score (nSPS) is 12.1. The monoisotopic (exact) mass is 479 g/mol. The third kappa shape index (κ3) is 16.1. The van der Waals surface area contributed by atoms with E-state index >= 15 is 0 Å². The molecule has 0 saturated heterocycles. The number of hydrogen-bond acceptors (Lipinski definition) is 3. The van der Waals surface area contributed by atoms with Crippen molar-refractivity contribution < 1.29 is 14.2 Å². The number of nitrogens with zero attached hydrogens (tertiary/aromatic N) is 2. The zero-order chi connectivity index (χ0) is 25.6. The first-order valence-electron chi connectivity index (χ1n) is 12.7. The Morgan fingerprint density at radius 1 is 0.886 bits per heavy atom. The van der Waals surface area contributed by atoms with Gasteiger partial charge < -0.3 is 10.6 Å². The van der Waals surface area contributed by atoms with E-state index in [1.54, 1.807) is 12.4 Å². The van der Waals surface area contributed by atoms with Crippen LogP contribution >= 0.6 is 0 Å². The van der Waals surface area contributed by atoms with Crippen LogP contribution in [0.2, 0.25) is 0 Å². The van der Waals surface area contributed by atoms with Gasteiger partial charge in [-0.15, -0.1) is 0 Å². The molecular weight excluding hydrogens is 436 g/mol. The van der Waals surface area contributed by atoms with E-state index in [2.05, 4.69) is 83.3 Å². The smallest absolute Gasteiger partial charge is 0.276 e. The fourth-order valence-electron chi connectivity index (χ4n) is 3.01. The highest BCUT2D eigenvalue weighted by atomic mass is 16.2. The number of carbonyl (C=O) groups is 2. The van der Waals surface area contributed by atoms with Crippen LogP contribution in [0.5, 0.6) is 0 Å². The summed E-state index contributed by atoms with van der Waals surface area (Å²) in [5.74, 6) is -0.225. The number of aryl methyl sites for hydroxylation is 2. The highest BCUT2D eigenvalue weighted by Gasteiger charge is 2.12. The van der Waals surface area contributed by atoms with Crippen LogP contribution in [0.15, 0.2) is 73.2 Å².